The number of methoxy groups -OCH3 is 1. The highest BCUT2D eigenvalue weighted by Crippen LogP contribution is 2.31. The highest BCUT2D eigenvalue weighted by Gasteiger charge is 2.04. The van der Waals surface area contributed by atoms with Gasteiger partial charge in [0, 0.05) is 4.47 Å². The number of rotatable bonds is 1. The number of benzene rings is 1. The molecule has 0 aliphatic carbocycles. The summed E-state index contributed by atoms with van der Waals surface area (Å²) in [6, 6.07) is 3.98. The van der Waals surface area contributed by atoms with Gasteiger partial charge in [-0.25, -0.2) is 0 Å². The molecule has 2 nitrogen and oxygen atoms in total. The van der Waals surface area contributed by atoms with E-state index in [-0.39, 0.29) is 0 Å². The van der Waals surface area contributed by atoms with Crippen LogP contribution in [0.3, 0.4) is 0 Å². The van der Waals surface area contributed by atoms with Crippen molar-refractivity contribution in [3.8, 4) is 5.75 Å². The van der Waals surface area contributed by atoms with Crippen molar-refractivity contribution in [3.63, 3.8) is 0 Å². The lowest BCUT2D eigenvalue weighted by Gasteiger charge is -2.00. The lowest BCUT2D eigenvalue weighted by molar-refractivity contribution is 0.419. The highest BCUT2D eigenvalue weighted by molar-refractivity contribution is 9.10. The van der Waals surface area contributed by atoms with Crippen LogP contribution in [-0.2, 0) is 0 Å². The second-order valence-corrected chi connectivity index (χ2v) is 4.09. The number of hydrogen-bond donors (Lipinski definition) is 0. The zero-order valence-corrected chi connectivity index (χ0v) is 8.78. The second kappa shape index (κ2) is 3.03. The predicted octanol–water partition coefficient (Wildman–Crippen LogP) is 3.07. The van der Waals surface area contributed by atoms with E-state index in [1.165, 1.54) is 11.5 Å². The SMILES string of the molecule is COc1cc(Br)cc2sncc12. The molecule has 2 rings (SSSR count). The van der Waals surface area contributed by atoms with Crippen molar-refractivity contribution in [3.05, 3.63) is 22.8 Å². The van der Waals surface area contributed by atoms with E-state index >= 15 is 0 Å². The predicted molar refractivity (Wildman–Crippen MR) is 53.9 cm³/mol. The van der Waals surface area contributed by atoms with Gasteiger partial charge in [-0.1, -0.05) is 15.9 Å². The van der Waals surface area contributed by atoms with Crippen LogP contribution in [0, 0.1) is 0 Å². The summed E-state index contributed by atoms with van der Waals surface area (Å²) in [7, 11) is 1.67. The van der Waals surface area contributed by atoms with Gasteiger partial charge in [0.25, 0.3) is 0 Å². The Morgan fingerprint density at radius 3 is 3.08 bits per heavy atom. The zero-order chi connectivity index (χ0) is 8.55. The standard InChI is InChI=1S/C8H6BrNOS/c1-11-7-2-5(9)3-8-6(7)4-10-12-8/h2-4H,1H3. The van der Waals surface area contributed by atoms with Crippen LogP contribution in [0.2, 0.25) is 0 Å². The van der Waals surface area contributed by atoms with Crippen LogP contribution < -0.4 is 4.74 Å². The summed E-state index contributed by atoms with van der Waals surface area (Å²) in [5, 5.41) is 1.07. The van der Waals surface area contributed by atoms with Gasteiger partial charge in [0.05, 0.1) is 23.4 Å². The normalized spacial score (nSPS) is 10.5. The molecule has 1 aromatic carbocycles. The molecule has 1 aromatic heterocycles. The number of fused-ring (bicyclic) bond motifs is 1. The van der Waals surface area contributed by atoms with Crippen molar-refractivity contribution < 1.29 is 4.74 Å². The van der Waals surface area contributed by atoms with Gasteiger partial charge >= 0.3 is 0 Å². The molecule has 0 saturated carbocycles. The number of halogens is 1. The molecule has 1 heterocycles. The molecule has 0 spiro atoms. The summed E-state index contributed by atoms with van der Waals surface area (Å²) in [5.74, 6) is 0.869. The Hall–Kier alpha value is -0.610. The fraction of sp³-hybridized carbons (Fsp3) is 0.125. The first-order valence-electron chi connectivity index (χ1n) is 3.39. The molecule has 0 amide bonds. The summed E-state index contributed by atoms with van der Waals surface area (Å²) in [5.41, 5.74) is 0. The van der Waals surface area contributed by atoms with E-state index < -0.39 is 0 Å². The van der Waals surface area contributed by atoms with Gasteiger partial charge in [-0.3, -0.25) is 0 Å². The third-order valence-corrected chi connectivity index (χ3v) is 2.82. The highest BCUT2D eigenvalue weighted by atomic mass is 79.9. The summed E-state index contributed by atoms with van der Waals surface area (Å²) < 4.78 is 11.5. The molecule has 0 saturated heterocycles. The van der Waals surface area contributed by atoms with Crippen LogP contribution in [0.25, 0.3) is 10.1 Å². The number of hydrogen-bond acceptors (Lipinski definition) is 3. The van der Waals surface area contributed by atoms with Crippen LogP contribution in [0.4, 0.5) is 0 Å². The largest absolute Gasteiger partial charge is 0.496 e. The number of aromatic nitrogens is 1. The van der Waals surface area contributed by atoms with Gasteiger partial charge in [0.15, 0.2) is 0 Å². The van der Waals surface area contributed by atoms with Crippen molar-refractivity contribution in [2.24, 2.45) is 0 Å². The fourth-order valence-corrected chi connectivity index (χ4v) is 2.37. The summed E-state index contributed by atoms with van der Waals surface area (Å²) in [6.07, 6.45) is 1.82. The molecule has 0 aliphatic rings. The minimum Gasteiger partial charge on any atom is -0.496 e. The molecule has 62 valence electrons. The average Bonchev–Trinajstić information content (AvgIpc) is 2.50. The Labute approximate surface area is 82.5 Å². The molecule has 0 fully saturated rings. The Morgan fingerprint density at radius 2 is 2.33 bits per heavy atom. The minimum atomic E-state index is 0.869. The molecule has 0 radical (unpaired) electrons. The van der Waals surface area contributed by atoms with Gasteiger partial charge in [0.1, 0.15) is 5.75 Å². The van der Waals surface area contributed by atoms with E-state index in [0.29, 0.717) is 0 Å². The van der Waals surface area contributed by atoms with Gasteiger partial charge in [-0.2, -0.15) is 4.37 Å². The first-order chi connectivity index (χ1) is 5.81. The maximum Gasteiger partial charge on any atom is 0.130 e. The summed E-state index contributed by atoms with van der Waals surface area (Å²) in [6.45, 7) is 0. The molecule has 2 aromatic rings. The van der Waals surface area contributed by atoms with Gasteiger partial charge in [0.2, 0.25) is 0 Å². The van der Waals surface area contributed by atoms with E-state index in [0.717, 1.165) is 20.3 Å². The van der Waals surface area contributed by atoms with E-state index in [9.17, 15) is 0 Å². The first-order valence-corrected chi connectivity index (χ1v) is 4.96. The third-order valence-electron chi connectivity index (χ3n) is 1.62. The molecular formula is C8H6BrNOS. The van der Waals surface area contributed by atoms with Crippen LogP contribution in [0.15, 0.2) is 22.8 Å². The summed E-state index contributed by atoms with van der Waals surface area (Å²) in [4.78, 5) is 0. The number of ether oxygens (including phenoxy) is 1. The second-order valence-electron chi connectivity index (χ2n) is 2.35. The van der Waals surface area contributed by atoms with Gasteiger partial charge < -0.3 is 4.74 Å². The Morgan fingerprint density at radius 1 is 1.50 bits per heavy atom. The molecule has 0 atom stereocenters. The van der Waals surface area contributed by atoms with E-state index in [1.807, 2.05) is 18.3 Å². The van der Waals surface area contributed by atoms with Gasteiger partial charge in [-0.15, -0.1) is 0 Å². The van der Waals surface area contributed by atoms with Crippen molar-refractivity contribution in [2.45, 2.75) is 0 Å². The first kappa shape index (κ1) is 8.01. The zero-order valence-electron chi connectivity index (χ0n) is 6.37. The molecule has 0 aliphatic heterocycles. The minimum absolute atomic E-state index is 0.869. The Kier molecular flexibility index (Phi) is 2.02. The van der Waals surface area contributed by atoms with Crippen LogP contribution in [0.1, 0.15) is 0 Å². The van der Waals surface area contributed by atoms with Crippen molar-refractivity contribution >= 4 is 37.5 Å². The van der Waals surface area contributed by atoms with Crippen molar-refractivity contribution in [1.29, 1.82) is 0 Å². The maximum absolute atomic E-state index is 5.20. The average molecular weight is 244 g/mol. The third kappa shape index (κ3) is 1.21. The Bertz CT molecular complexity index is 412. The summed E-state index contributed by atoms with van der Waals surface area (Å²) >= 11 is 4.88. The lowest BCUT2D eigenvalue weighted by atomic mass is 10.2. The van der Waals surface area contributed by atoms with Crippen molar-refractivity contribution in [2.75, 3.05) is 7.11 Å². The molecule has 12 heavy (non-hydrogen) atoms. The van der Waals surface area contributed by atoms with E-state index in [2.05, 4.69) is 20.3 Å². The maximum atomic E-state index is 5.20. The molecule has 0 unspecified atom stereocenters. The molecular weight excluding hydrogens is 238 g/mol. The fourth-order valence-electron chi connectivity index (χ4n) is 1.08. The molecule has 0 bridgehead atoms. The van der Waals surface area contributed by atoms with Crippen LogP contribution in [0.5, 0.6) is 5.75 Å². The van der Waals surface area contributed by atoms with Crippen LogP contribution in [-0.4, -0.2) is 11.5 Å². The Balaban J connectivity index is 2.80. The quantitative estimate of drug-likeness (QED) is 0.769. The molecule has 0 N–H and O–H groups in total. The lowest BCUT2D eigenvalue weighted by Crippen LogP contribution is -1.82. The monoisotopic (exact) mass is 243 g/mol. The molecule has 4 heteroatoms. The van der Waals surface area contributed by atoms with Gasteiger partial charge in [-0.05, 0) is 23.7 Å². The number of nitrogens with zero attached hydrogens (tertiary/aromatic N) is 1. The van der Waals surface area contributed by atoms with E-state index in [1.54, 1.807) is 7.11 Å². The van der Waals surface area contributed by atoms with Crippen LogP contribution >= 0.6 is 27.5 Å². The van der Waals surface area contributed by atoms with Crippen molar-refractivity contribution in [1.82, 2.24) is 4.37 Å². The van der Waals surface area contributed by atoms with E-state index in [4.69, 9.17) is 4.74 Å². The smallest absolute Gasteiger partial charge is 0.130 e. The topological polar surface area (TPSA) is 22.1 Å².